The Balaban J connectivity index is 1.87. The van der Waals surface area contributed by atoms with Gasteiger partial charge in [-0.2, -0.15) is 0 Å². The van der Waals surface area contributed by atoms with Gasteiger partial charge in [0.15, 0.2) is 0 Å². The fourth-order valence-electron chi connectivity index (χ4n) is 2.99. The molecule has 0 atom stereocenters. The zero-order valence-electron chi connectivity index (χ0n) is 15.7. The molecule has 0 radical (unpaired) electrons. The molecule has 0 saturated carbocycles. The Kier molecular flexibility index (Phi) is 5.57. The number of rotatable bonds is 6. The van der Waals surface area contributed by atoms with Crippen LogP contribution in [0.2, 0.25) is 0 Å². The van der Waals surface area contributed by atoms with Gasteiger partial charge in [-0.15, -0.1) is 11.3 Å². The van der Waals surface area contributed by atoms with Crippen molar-refractivity contribution in [2.24, 2.45) is 0 Å². The first kappa shape index (κ1) is 19.1. The van der Waals surface area contributed by atoms with Crippen LogP contribution < -0.4 is 10.3 Å². The number of hydrogen-bond donors (Lipinski definition) is 1. The number of para-hydroxylation sites is 1. The van der Waals surface area contributed by atoms with Gasteiger partial charge in [0.25, 0.3) is 5.56 Å². The lowest BCUT2D eigenvalue weighted by molar-refractivity contribution is 0.0605. The fourth-order valence-corrected chi connectivity index (χ4v) is 4.11. The van der Waals surface area contributed by atoms with E-state index in [2.05, 4.69) is 9.97 Å². The maximum absolute atomic E-state index is 12.5. The third-order valence-corrected chi connectivity index (χ3v) is 5.44. The van der Waals surface area contributed by atoms with Crippen LogP contribution in [-0.4, -0.2) is 42.1 Å². The minimum atomic E-state index is -0.454. The van der Waals surface area contributed by atoms with E-state index in [0.717, 1.165) is 11.3 Å². The average molecular weight is 387 g/mol. The van der Waals surface area contributed by atoms with Crippen LogP contribution in [0.3, 0.4) is 0 Å². The van der Waals surface area contributed by atoms with Crippen LogP contribution in [0.5, 0.6) is 5.75 Å². The molecule has 0 aliphatic rings. The highest BCUT2D eigenvalue weighted by atomic mass is 32.1. The molecule has 1 N–H and O–H groups in total. The molecule has 3 rings (SSSR count). The molecule has 27 heavy (non-hydrogen) atoms. The number of fused-ring (bicyclic) bond motifs is 1. The van der Waals surface area contributed by atoms with Crippen molar-refractivity contribution in [3.05, 3.63) is 56.4 Å². The van der Waals surface area contributed by atoms with Crippen molar-refractivity contribution in [2.45, 2.75) is 20.0 Å². The Morgan fingerprint density at radius 1 is 1.26 bits per heavy atom. The van der Waals surface area contributed by atoms with Crippen LogP contribution in [0, 0.1) is 6.92 Å². The first-order chi connectivity index (χ1) is 12.9. The smallest absolute Gasteiger partial charge is 0.348 e. The number of hydrogen-bond acceptors (Lipinski definition) is 7. The molecule has 0 unspecified atom stereocenters. The fraction of sp³-hybridized carbons (Fsp3) is 0.316. The SMILES string of the molecule is COC(=O)c1sc2nc(CN(C)Cc3ccccc3OC)[nH]c(=O)c2c1C. The van der Waals surface area contributed by atoms with E-state index in [1.54, 1.807) is 14.0 Å². The second-order valence-corrected chi connectivity index (χ2v) is 7.22. The summed E-state index contributed by atoms with van der Waals surface area (Å²) < 4.78 is 10.2. The molecule has 8 heteroatoms. The Morgan fingerprint density at radius 3 is 2.70 bits per heavy atom. The summed E-state index contributed by atoms with van der Waals surface area (Å²) in [6, 6.07) is 7.80. The highest BCUT2D eigenvalue weighted by Gasteiger charge is 2.20. The minimum absolute atomic E-state index is 0.246. The number of carbonyl (C=O) groups excluding carboxylic acids is 1. The zero-order chi connectivity index (χ0) is 19.6. The van der Waals surface area contributed by atoms with Gasteiger partial charge in [0.05, 0.1) is 26.2 Å². The lowest BCUT2D eigenvalue weighted by Crippen LogP contribution is -2.22. The first-order valence-corrected chi connectivity index (χ1v) is 9.17. The van der Waals surface area contributed by atoms with Crippen molar-refractivity contribution < 1.29 is 14.3 Å². The Morgan fingerprint density at radius 2 is 2.00 bits per heavy atom. The molecule has 0 aliphatic heterocycles. The molecule has 0 aliphatic carbocycles. The van der Waals surface area contributed by atoms with Gasteiger partial charge in [-0.1, -0.05) is 18.2 Å². The standard InChI is InChI=1S/C19H21N3O4S/c1-11-15-17(23)20-14(21-18(15)27-16(11)19(24)26-4)10-22(2)9-12-7-5-6-8-13(12)25-3/h5-8H,9-10H2,1-4H3,(H,20,21,23). The van der Waals surface area contributed by atoms with Crippen molar-refractivity contribution >= 4 is 27.5 Å². The van der Waals surface area contributed by atoms with Crippen molar-refractivity contribution in [2.75, 3.05) is 21.3 Å². The Hall–Kier alpha value is -2.71. The minimum Gasteiger partial charge on any atom is -0.496 e. The largest absolute Gasteiger partial charge is 0.496 e. The second kappa shape index (κ2) is 7.89. The van der Waals surface area contributed by atoms with Crippen molar-refractivity contribution in [1.82, 2.24) is 14.9 Å². The lowest BCUT2D eigenvalue weighted by atomic mass is 10.2. The van der Waals surface area contributed by atoms with Crippen LogP contribution in [0.15, 0.2) is 29.1 Å². The Labute approximate surface area is 160 Å². The van der Waals surface area contributed by atoms with Crippen LogP contribution in [-0.2, 0) is 17.8 Å². The predicted octanol–water partition coefficient (Wildman–Crippen LogP) is 2.72. The maximum Gasteiger partial charge on any atom is 0.348 e. The number of esters is 1. The lowest BCUT2D eigenvalue weighted by Gasteiger charge is -2.17. The third kappa shape index (κ3) is 3.86. The highest BCUT2D eigenvalue weighted by molar-refractivity contribution is 7.20. The van der Waals surface area contributed by atoms with E-state index < -0.39 is 5.97 Å². The molecule has 0 saturated heterocycles. The molecule has 0 amide bonds. The van der Waals surface area contributed by atoms with Crippen LogP contribution in [0.1, 0.15) is 26.6 Å². The number of nitrogens with one attached hydrogen (secondary N) is 1. The molecular weight excluding hydrogens is 366 g/mol. The zero-order valence-corrected chi connectivity index (χ0v) is 16.5. The van der Waals surface area contributed by atoms with E-state index in [9.17, 15) is 9.59 Å². The van der Waals surface area contributed by atoms with Crippen molar-refractivity contribution in [3.8, 4) is 5.75 Å². The molecule has 1 aromatic carbocycles. The number of carbonyl (C=O) groups is 1. The number of aromatic amines is 1. The van der Waals surface area contributed by atoms with E-state index in [-0.39, 0.29) is 5.56 Å². The monoisotopic (exact) mass is 387 g/mol. The number of methoxy groups -OCH3 is 2. The normalized spacial score (nSPS) is 11.1. The number of ether oxygens (including phenoxy) is 2. The van der Waals surface area contributed by atoms with Gasteiger partial charge in [-0.25, -0.2) is 9.78 Å². The molecule has 0 bridgehead atoms. The van der Waals surface area contributed by atoms with Gasteiger partial charge < -0.3 is 14.5 Å². The van der Waals surface area contributed by atoms with Gasteiger partial charge in [0, 0.05) is 12.1 Å². The summed E-state index contributed by atoms with van der Waals surface area (Å²) in [6.07, 6.45) is 0. The van der Waals surface area contributed by atoms with Crippen LogP contribution >= 0.6 is 11.3 Å². The first-order valence-electron chi connectivity index (χ1n) is 8.35. The van der Waals surface area contributed by atoms with E-state index in [0.29, 0.717) is 39.6 Å². The summed E-state index contributed by atoms with van der Waals surface area (Å²) >= 11 is 1.18. The summed E-state index contributed by atoms with van der Waals surface area (Å²) in [4.78, 5) is 34.7. The predicted molar refractivity (Wildman–Crippen MR) is 104 cm³/mol. The number of aryl methyl sites for hydroxylation is 1. The van der Waals surface area contributed by atoms with Crippen LogP contribution in [0.4, 0.5) is 0 Å². The molecule has 2 aromatic heterocycles. The van der Waals surface area contributed by atoms with Gasteiger partial charge in [0.2, 0.25) is 0 Å². The van der Waals surface area contributed by atoms with E-state index in [4.69, 9.17) is 9.47 Å². The number of thiophene rings is 1. The van der Waals surface area contributed by atoms with Gasteiger partial charge in [0.1, 0.15) is 21.3 Å². The number of H-pyrrole nitrogens is 1. The van der Waals surface area contributed by atoms with E-state index in [1.807, 2.05) is 36.2 Å². The molecule has 3 aromatic rings. The molecule has 142 valence electrons. The summed E-state index contributed by atoms with van der Waals surface area (Å²) in [5, 5.41) is 0.441. The molecule has 0 spiro atoms. The molecule has 0 fully saturated rings. The Bertz CT molecular complexity index is 1040. The maximum atomic E-state index is 12.5. The second-order valence-electron chi connectivity index (χ2n) is 6.22. The summed E-state index contributed by atoms with van der Waals surface area (Å²) in [5.74, 6) is 0.908. The van der Waals surface area contributed by atoms with Gasteiger partial charge in [-0.3, -0.25) is 9.69 Å². The third-order valence-electron chi connectivity index (χ3n) is 4.27. The van der Waals surface area contributed by atoms with E-state index >= 15 is 0 Å². The quantitative estimate of drug-likeness (QED) is 0.655. The number of benzene rings is 1. The summed E-state index contributed by atoms with van der Waals surface area (Å²) in [6.45, 7) is 2.83. The average Bonchev–Trinajstić information content (AvgIpc) is 2.98. The number of aromatic nitrogens is 2. The molecule has 7 nitrogen and oxygen atoms in total. The molecule has 2 heterocycles. The van der Waals surface area contributed by atoms with Crippen molar-refractivity contribution in [3.63, 3.8) is 0 Å². The van der Waals surface area contributed by atoms with E-state index in [1.165, 1.54) is 18.4 Å². The van der Waals surface area contributed by atoms with Crippen LogP contribution in [0.25, 0.3) is 10.2 Å². The molecular formula is C19H21N3O4S. The van der Waals surface area contributed by atoms with Gasteiger partial charge in [-0.05, 0) is 25.6 Å². The summed E-state index contributed by atoms with van der Waals surface area (Å²) in [7, 11) is 4.90. The summed E-state index contributed by atoms with van der Waals surface area (Å²) in [5.41, 5.74) is 1.40. The van der Waals surface area contributed by atoms with Gasteiger partial charge >= 0.3 is 5.97 Å². The topological polar surface area (TPSA) is 84.5 Å². The van der Waals surface area contributed by atoms with Crippen molar-refractivity contribution in [1.29, 1.82) is 0 Å². The number of nitrogens with zero attached hydrogens (tertiary/aromatic N) is 2. The highest BCUT2D eigenvalue weighted by Crippen LogP contribution is 2.27.